The molecule has 220 valence electrons. The lowest BCUT2D eigenvalue weighted by Crippen LogP contribution is -2.56. The molecular formula is C32H37N5O4S. The van der Waals surface area contributed by atoms with E-state index in [1.54, 1.807) is 0 Å². The number of H-pyrrole nitrogens is 1. The molecule has 3 fully saturated rings. The molecule has 1 aromatic heterocycles. The Balaban J connectivity index is 1.27. The molecule has 3 aliphatic heterocycles. The lowest BCUT2D eigenvalue weighted by Gasteiger charge is -2.43. The van der Waals surface area contributed by atoms with Crippen LogP contribution in [0.5, 0.6) is 0 Å². The third-order valence-corrected chi connectivity index (χ3v) is 11.1. The maximum Gasteiger partial charge on any atom is 0.195 e. The normalized spacial score (nSPS) is 22.2. The van der Waals surface area contributed by atoms with E-state index in [9.17, 15) is 13.2 Å². The average Bonchev–Trinajstić information content (AvgIpc) is 3.32. The largest absolute Gasteiger partial charge is 0.399 e. The SMILES string of the molecule is CC1(C)c2cc(N3CCN(C4COC4)CC3)c(C#CCN3CCS(=O)(=O)CC3)cc2C(=O)c2c1[nH]c1cc(N)ccc21. The van der Waals surface area contributed by atoms with Crippen LogP contribution in [-0.2, 0) is 20.0 Å². The summed E-state index contributed by atoms with van der Waals surface area (Å²) in [5, 5.41) is 0.885. The fraction of sp³-hybridized carbons (Fsp3) is 0.469. The molecule has 0 radical (unpaired) electrons. The first kappa shape index (κ1) is 27.5. The van der Waals surface area contributed by atoms with Crippen LogP contribution in [0.15, 0.2) is 30.3 Å². The number of nitrogens with two attached hydrogens (primary N) is 1. The van der Waals surface area contributed by atoms with Crippen LogP contribution >= 0.6 is 0 Å². The fourth-order valence-corrected chi connectivity index (χ4v) is 8.04. The summed E-state index contributed by atoms with van der Waals surface area (Å²) in [6.07, 6.45) is 0. The van der Waals surface area contributed by atoms with Gasteiger partial charge in [0.05, 0.1) is 48.6 Å². The first-order chi connectivity index (χ1) is 20.1. The standard InChI is InChI=1S/C32H37N5O4S/c1-32(2)26-18-28(37-10-8-36(9-11-37)23-19-41-20-23)21(4-3-7-35-12-14-42(39,40)15-13-35)16-25(26)30(38)29-24-6-5-22(33)17-27(24)34-31(29)32/h5-6,16-18,23,34H,7-15,19-20,33H2,1-2H3. The number of nitrogens with zero attached hydrogens (tertiary/aromatic N) is 3. The lowest BCUT2D eigenvalue weighted by molar-refractivity contribution is -0.0660. The summed E-state index contributed by atoms with van der Waals surface area (Å²) in [6, 6.07) is 10.4. The molecule has 2 aromatic carbocycles. The van der Waals surface area contributed by atoms with E-state index in [0.717, 1.165) is 72.8 Å². The van der Waals surface area contributed by atoms with Crippen molar-refractivity contribution in [2.45, 2.75) is 25.3 Å². The number of sulfone groups is 1. The number of hydrogen-bond acceptors (Lipinski definition) is 8. The van der Waals surface area contributed by atoms with Crippen LogP contribution in [0.1, 0.15) is 46.6 Å². The fourth-order valence-electron chi connectivity index (χ4n) is 6.76. The number of piperazine rings is 1. The summed E-state index contributed by atoms with van der Waals surface area (Å²) in [6.45, 7) is 11.1. The van der Waals surface area contributed by atoms with Crippen LogP contribution in [0.25, 0.3) is 10.9 Å². The molecule has 0 atom stereocenters. The molecule has 0 spiro atoms. The second-order valence-corrected chi connectivity index (χ2v) is 14.8. The highest BCUT2D eigenvalue weighted by molar-refractivity contribution is 7.91. The van der Waals surface area contributed by atoms with Crippen LogP contribution in [-0.4, -0.2) is 106 Å². The van der Waals surface area contributed by atoms with E-state index in [2.05, 4.69) is 51.4 Å². The number of nitrogen functional groups attached to an aromatic ring is 1. The molecule has 42 heavy (non-hydrogen) atoms. The number of aromatic nitrogens is 1. The second-order valence-electron chi connectivity index (χ2n) is 12.5. The Morgan fingerprint density at radius 2 is 1.79 bits per heavy atom. The van der Waals surface area contributed by atoms with Crippen LogP contribution in [0, 0.1) is 11.8 Å². The molecule has 0 bridgehead atoms. The topological polar surface area (TPSA) is 112 Å². The first-order valence-electron chi connectivity index (χ1n) is 14.7. The Hall–Kier alpha value is -3.36. The second kappa shape index (κ2) is 10.1. The average molecular weight is 588 g/mol. The Kier molecular flexibility index (Phi) is 6.62. The number of benzene rings is 2. The zero-order valence-corrected chi connectivity index (χ0v) is 25.0. The number of nitrogens with one attached hydrogen (secondary N) is 1. The van der Waals surface area contributed by atoms with E-state index >= 15 is 0 Å². The molecule has 0 saturated carbocycles. The highest BCUT2D eigenvalue weighted by Gasteiger charge is 2.41. The smallest absolute Gasteiger partial charge is 0.195 e. The molecule has 4 aliphatic rings. The predicted molar refractivity (Wildman–Crippen MR) is 165 cm³/mol. The van der Waals surface area contributed by atoms with E-state index in [1.165, 1.54) is 0 Å². The van der Waals surface area contributed by atoms with Gasteiger partial charge in [-0.25, -0.2) is 8.42 Å². The van der Waals surface area contributed by atoms with Crippen LogP contribution in [0.4, 0.5) is 11.4 Å². The van der Waals surface area contributed by atoms with Gasteiger partial charge in [-0.05, 0) is 29.8 Å². The number of anilines is 2. The van der Waals surface area contributed by atoms with Crippen molar-refractivity contribution in [3.8, 4) is 11.8 Å². The minimum atomic E-state index is -2.94. The molecule has 0 amide bonds. The maximum atomic E-state index is 14.1. The number of carbonyl (C=O) groups is 1. The third kappa shape index (κ3) is 4.69. The molecule has 0 unspecified atom stereocenters. The number of fused-ring (bicyclic) bond motifs is 4. The number of hydrogen-bond donors (Lipinski definition) is 2. The van der Waals surface area contributed by atoms with Crippen molar-refractivity contribution in [3.63, 3.8) is 0 Å². The van der Waals surface area contributed by atoms with Gasteiger partial charge in [0.25, 0.3) is 0 Å². The summed E-state index contributed by atoms with van der Waals surface area (Å²) in [4.78, 5) is 24.7. The van der Waals surface area contributed by atoms with E-state index < -0.39 is 15.3 Å². The zero-order chi connectivity index (χ0) is 29.2. The van der Waals surface area contributed by atoms with Gasteiger partial charge in [0.1, 0.15) is 0 Å². The Morgan fingerprint density at radius 1 is 1.05 bits per heavy atom. The van der Waals surface area contributed by atoms with Gasteiger partial charge < -0.3 is 20.4 Å². The Bertz CT molecular complexity index is 1740. The Labute approximate surface area is 246 Å². The summed E-state index contributed by atoms with van der Waals surface area (Å²) in [5.41, 5.74) is 12.4. The van der Waals surface area contributed by atoms with Crippen LogP contribution < -0.4 is 10.6 Å². The number of rotatable bonds is 3. The number of carbonyl (C=O) groups excluding carboxylic acids is 1. The van der Waals surface area contributed by atoms with Crippen molar-refractivity contribution < 1.29 is 17.9 Å². The summed E-state index contributed by atoms with van der Waals surface area (Å²) in [7, 11) is -2.94. The third-order valence-electron chi connectivity index (χ3n) is 9.48. The molecule has 3 saturated heterocycles. The molecular weight excluding hydrogens is 550 g/mol. The molecule has 4 heterocycles. The minimum Gasteiger partial charge on any atom is -0.399 e. The quantitative estimate of drug-likeness (QED) is 0.355. The van der Waals surface area contributed by atoms with E-state index in [0.29, 0.717) is 42.5 Å². The van der Waals surface area contributed by atoms with Gasteiger partial charge in [-0.2, -0.15) is 0 Å². The zero-order valence-electron chi connectivity index (χ0n) is 24.2. The van der Waals surface area contributed by atoms with Gasteiger partial charge in [0.15, 0.2) is 15.6 Å². The van der Waals surface area contributed by atoms with Crippen LogP contribution in [0.2, 0.25) is 0 Å². The number of ketones is 1. The molecule has 10 heteroatoms. The van der Waals surface area contributed by atoms with Crippen molar-refractivity contribution in [2.24, 2.45) is 0 Å². The summed E-state index contributed by atoms with van der Waals surface area (Å²) in [5.74, 6) is 7.07. The van der Waals surface area contributed by atoms with Gasteiger partial charge >= 0.3 is 0 Å². The van der Waals surface area contributed by atoms with E-state index in [4.69, 9.17) is 10.5 Å². The van der Waals surface area contributed by atoms with Gasteiger partial charge in [-0.15, -0.1) is 0 Å². The van der Waals surface area contributed by atoms with Gasteiger partial charge in [-0.3, -0.25) is 14.6 Å². The van der Waals surface area contributed by atoms with Crippen molar-refractivity contribution in [1.29, 1.82) is 0 Å². The molecule has 7 rings (SSSR count). The molecule has 1 aliphatic carbocycles. The first-order valence-corrected chi connectivity index (χ1v) is 16.6. The van der Waals surface area contributed by atoms with Crippen LogP contribution in [0.3, 0.4) is 0 Å². The van der Waals surface area contributed by atoms with Crippen molar-refractivity contribution in [1.82, 2.24) is 14.8 Å². The summed E-state index contributed by atoms with van der Waals surface area (Å²) < 4.78 is 29.2. The monoisotopic (exact) mass is 587 g/mol. The Morgan fingerprint density at radius 3 is 2.48 bits per heavy atom. The predicted octanol–water partition coefficient (Wildman–Crippen LogP) is 2.22. The lowest BCUT2D eigenvalue weighted by atomic mass is 9.70. The maximum absolute atomic E-state index is 14.1. The van der Waals surface area contributed by atoms with Gasteiger partial charge in [-0.1, -0.05) is 31.8 Å². The highest BCUT2D eigenvalue weighted by Crippen LogP contribution is 2.45. The molecule has 3 N–H and O–H groups in total. The highest BCUT2D eigenvalue weighted by atomic mass is 32.2. The molecule has 9 nitrogen and oxygen atoms in total. The van der Waals surface area contributed by atoms with E-state index in [1.807, 2.05) is 24.3 Å². The van der Waals surface area contributed by atoms with Gasteiger partial charge in [0.2, 0.25) is 0 Å². The van der Waals surface area contributed by atoms with Gasteiger partial charge in [0, 0.05) is 78.1 Å². The number of ether oxygens (including phenoxy) is 1. The van der Waals surface area contributed by atoms with Crippen molar-refractivity contribution in [3.05, 3.63) is 58.3 Å². The number of aromatic amines is 1. The van der Waals surface area contributed by atoms with Crippen molar-refractivity contribution >= 4 is 37.9 Å². The van der Waals surface area contributed by atoms with E-state index in [-0.39, 0.29) is 17.3 Å². The minimum absolute atomic E-state index is 0.000913. The summed E-state index contributed by atoms with van der Waals surface area (Å²) >= 11 is 0. The molecule has 3 aromatic rings. The van der Waals surface area contributed by atoms with Crippen molar-refractivity contribution in [2.75, 3.05) is 81.2 Å².